The van der Waals surface area contributed by atoms with Crippen LogP contribution < -0.4 is 0 Å². The molecule has 44 heavy (non-hydrogen) atoms. The Balaban J connectivity index is 1.47. The molecule has 0 atom stereocenters. The van der Waals surface area contributed by atoms with Crippen molar-refractivity contribution >= 4 is 53.3 Å². The summed E-state index contributed by atoms with van der Waals surface area (Å²) in [7, 11) is 0. The molecule has 1 nitrogen and oxygen atoms in total. The first-order chi connectivity index (χ1) is 21.4. The quantitative estimate of drug-likeness (QED) is 0.182. The Morgan fingerprint density at radius 2 is 1.11 bits per heavy atom. The Labute approximate surface area is 261 Å². The molecule has 2 aliphatic carbocycles. The molecule has 0 bridgehead atoms. The number of fused-ring (bicyclic) bond motifs is 15. The first kappa shape index (κ1) is 24.7. The summed E-state index contributed by atoms with van der Waals surface area (Å²) in [4.78, 5) is 0. The lowest BCUT2D eigenvalue weighted by Crippen LogP contribution is -2.19. The first-order valence-corrected chi connectivity index (χ1v) is 16.4. The molecular weight excluding hydrogens is 551 g/mol. The number of rotatable bonds is 1. The maximum Gasteiger partial charge on any atom is 0.0626 e. The van der Waals surface area contributed by atoms with Gasteiger partial charge in [0.25, 0.3) is 0 Å². The van der Waals surface area contributed by atoms with E-state index in [9.17, 15) is 0 Å². The Hall–Kier alpha value is -4.66. The second-order valence-electron chi connectivity index (χ2n) is 13.7. The highest BCUT2D eigenvalue weighted by Crippen LogP contribution is 2.63. The van der Waals surface area contributed by atoms with Gasteiger partial charge in [0.1, 0.15) is 0 Å². The Bertz CT molecular complexity index is 2550. The maximum atomic E-state index is 2.59. The van der Waals surface area contributed by atoms with E-state index in [1.807, 2.05) is 11.3 Å². The molecule has 0 saturated heterocycles. The molecule has 2 heterocycles. The molecule has 0 unspecified atom stereocenters. The predicted octanol–water partition coefficient (Wildman–Crippen LogP) is 11.8. The third kappa shape index (κ3) is 2.82. The molecular formula is C42H31NS. The van der Waals surface area contributed by atoms with Crippen molar-refractivity contribution in [1.82, 2.24) is 4.57 Å². The zero-order chi connectivity index (χ0) is 29.5. The molecule has 0 saturated carbocycles. The van der Waals surface area contributed by atoms with Crippen LogP contribution in [0.5, 0.6) is 0 Å². The molecule has 8 aromatic rings. The fourth-order valence-electron chi connectivity index (χ4n) is 8.89. The van der Waals surface area contributed by atoms with E-state index in [4.69, 9.17) is 0 Å². The van der Waals surface area contributed by atoms with E-state index in [0.717, 1.165) is 0 Å². The van der Waals surface area contributed by atoms with Crippen molar-refractivity contribution in [2.75, 3.05) is 0 Å². The van der Waals surface area contributed by atoms with Gasteiger partial charge in [0.2, 0.25) is 0 Å². The average Bonchev–Trinajstić information content (AvgIpc) is 3.72. The molecule has 2 aliphatic rings. The first-order valence-electron chi connectivity index (χ1n) is 15.6. The number of thiophene rings is 1. The molecule has 0 aliphatic heterocycles. The van der Waals surface area contributed by atoms with Gasteiger partial charge in [-0.3, -0.25) is 0 Å². The fourth-order valence-corrected chi connectivity index (χ4v) is 9.97. The van der Waals surface area contributed by atoms with Crippen molar-refractivity contribution in [2.24, 2.45) is 0 Å². The topological polar surface area (TPSA) is 4.93 Å². The van der Waals surface area contributed by atoms with Crippen molar-refractivity contribution in [3.05, 3.63) is 138 Å². The van der Waals surface area contributed by atoms with E-state index in [1.165, 1.54) is 92.2 Å². The van der Waals surface area contributed by atoms with Crippen molar-refractivity contribution < 1.29 is 0 Å². The minimum Gasteiger partial charge on any atom is -0.309 e. The average molecular weight is 582 g/mol. The van der Waals surface area contributed by atoms with Crippen molar-refractivity contribution in [2.45, 2.75) is 38.5 Å². The molecule has 0 fully saturated rings. The molecule has 0 spiro atoms. The molecule has 0 amide bonds. The lowest BCUT2D eigenvalue weighted by atomic mass is 9.75. The van der Waals surface area contributed by atoms with E-state index in [2.05, 4.69) is 148 Å². The summed E-state index contributed by atoms with van der Waals surface area (Å²) in [6.45, 7) is 9.75. The van der Waals surface area contributed by atoms with Crippen LogP contribution >= 0.6 is 11.3 Å². The van der Waals surface area contributed by atoms with Gasteiger partial charge in [-0.2, -0.15) is 0 Å². The van der Waals surface area contributed by atoms with Gasteiger partial charge in [-0.05, 0) is 69.3 Å². The third-order valence-corrected chi connectivity index (χ3v) is 11.9. The minimum atomic E-state index is -0.132. The van der Waals surface area contributed by atoms with E-state index < -0.39 is 0 Å². The molecule has 0 radical (unpaired) electrons. The lowest BCUT2D eigenvalue weighted by molar-refractivity contribution is 0.651. The highest BCUT2D eigenvalue weighted by Gasteiger charge is 2.47. The smallest absolute Gasteiger partial charge is 0.0626 e. The van der Waals surface area contributed by atoms with E-state index >= 15 is 0 Å². The molecule has 2 aromatic heterocycles. The Morgan fingerprint density at radius 1 is 0.523 bits per heavy atom. The second kappa shape index (κ2) is 8.08. The van der Waals surface area contributed by atoms with Crippen LogP contribution in [0.1, 0.15) is 49.9 Å². The summed E-state index contributed by atoms with van der Waals surface area (Å²) < 4.78 is 5.27. The van der Waals surface area contributed by atoms with E-state index in [0.29, 0.717) is 0 Å². The van der Waals surface area contributed by atoms with Crippen LogP contribution in [-0.4, -0.2) is 4.57 Å². The van der Waals surface area contributed by atoms with Gasteiger partial charge >= 0.3 is 0 Å². The standard InChI is InChI=1S/C42H31NS/c1-41(2)30-17-9-5-14-26(30)35-38-36(27-15-6-10-18-31(27)42(38,3)4)40-37(39(35)41)28-16-7-11-19-32(28)43(40)24-21-22-34-29(23-24)25-13-8-12-20-33(25)44-34/h5-23H,1-4H3. The van der Waals surface area contributed by atoms with Crippen LogP contribution in [0.3, 0.4) is 0 Å². The van der Waals surface area contributed by atoms with Gasteiger partial charge in [0.15, 0.2) is 0 Å². The van der Waals surface area contributed by atoms with Gasteiger partial charge in [0.05, 0.1) is 11.0 Å². The number of hydrogen-bond donors (Lipinski definition) is 0. The highest BCUT2D eigenvalue weighted by molar-refractivity contribution is 7.25. The second-order valence-corrected chi connectivity index (χ2v) is 14.8. The Kier molecular flexibility index (Phi) is 4.54. The van der Waals surface area contributed by atoms with Gasteiger partial charge in [-0.1, -0.05) is 113 Å². The molecule has 0 N–H and O–H groups in total. The fraction of sp³-hybridized carbons (Fsp3) is 0.143. The van der Waals surface area contributed by atoms with Gasteiger partial charge in [0, 0.05) is 53.0 Å². The highest BCUT2D eigenvalue weighted by atomic mass is 32.1. The van der Waals surface area contributed by atoms with Crippen LogP contribution in [0.2, 0.25) is 0 Å². The lowest BCUT2D eigenvalue weighted by Gasteiger charge is -2.27. The zero-order valence-corrected chi connectivity index (χ0v) is 26.1. The molecule has 2 heteroatoms. The third-order valence-electron chi connectivity index (χ3n) is 10.7. The zero-order valence-electron chi connectivity index (χ0n) is 25.3. The van der Waals surface area contributed by atoms with Gasteiger partial charge in [-0.15, -0.1) is 11.3 Å². The minimum absolute atomic E-state index is 0.132. The van der Waals surface area contributed by atoms with Crippen molar-refractivity contribution in [1.29, 1.82) is 0 Å². The van der Waals surface area contributed by atoms with Crippen molar-refractivity contribution in [3.8, 4) is 27.9 Å². The van der Waals surface area contributed by atoms with E-state index in [-0.39, 0.29) is 10.8 Å². The number of nitrogens with zero attached hydrogens (tertiary/aromatic N) is 1. The maximum absolute atomic E-state index is 2.59. The van der Waals surface area contributed by atoms with Crippen LogP contribution in [-0.2, 0) is 10.8 Å². The largest absolute Gasteiger partial charge is 0.309 e. The summed E-state index contributed by atoms with van der Waals surface area (Å²) in [5.41, 5.74) is 15.0. The van der Waals surface area contributed by atoms with Crippen molar-refractivity contribution in [3.63, 3.8) is 0 Å². The monoisotopic (exact) mass is 581 g/mol. The van der Waals surface area contributed by atoms with Crippen LogP contribution in [0.25, 0.3) is 69.9 Å². The number of benzene rings is 6. The number of para-hydroxylation sites is 1. The van der Waals surface area contributed by atoms with E-state index in [1.54, 1.807) is 0 Å². The Morgan fingerprint density at radius 3 is 1.89 bits per heavy atom. The number of hydrogen-bond acceptors (Lipinski definition) is 1. The summed E-state index contributed by atoms with van der Waals surface area (Å²) in [5, 5.41) is 5.41. The summed E-state index contributed by atoms with van der Waals surface area (Å²) in [6.07, 6.45) is 0. The van der Waals surface area contributed by atoms with Crippen LogP contribution in [0.15, 0.2) is 115 Å². The molecule has 210 valence electrons. The summed E-state index contributed by atoms with van der Waals surface area (Å²) in [5.74, 6) is 0. The summed E-state index contributed by atoms with van der Waals surface area (Å²) in [6, 6.07) is 43.3. The van der Waals surface area contributed by atoms with Crippen LogP contribution in [0, 0.1) is 0 Å². The van der Waals surface area contributed by atoms with Gasteiger partial charge in [-0.25, -0.2) is 0 Å². The van der Waals surface area contributed by atoms with Crippen LogP contribution in [0.4, 0.5) is 0 Å². The SMILES string of the molecule is CC1(C)c2ccccc2-c2c1c1c(c3c4ccccc4n(-c4ccc5sc6ccccc6c5c4)c23)C(C)(C)c2ccccc2-1. The predicted molar refractivity (Wildman–Crippen MR) is 189 cm³/mol. The molecule has 6 aromatic carbocycles. The molecule has 10 rings (SSSR count). The van der Waals surface area contributed by atoms with Gasteiger partial charge < -0.3 is 4.57 Å². The summed E-state index contributed by atoms with van der Waals surface area (Å²) >= 11 is 1.89. The number of aromatic nitrogens is 1. The normalized spacial score (nSPS) is 15.6.